The monoisotopic (exact) mass is 210 g/mol. The zero-order chi connectivity index (χ0) is 10.2. The van der Waals surface area contributed by atoms with Crippen molar-refractivity contribution in [3.63, 3.8) is 0 Å². The Kier molecular flexibility index (Phi) is 2.62. The Hall–Kier alpha value is -0.410. The predicted octanol–water partition coefficient (Wildman–Crippen LogP) is 2.55. The Morgan fingerprint density at radius 1 is 1.57 bits per heavy atom. The lowest BCUT2D eigenvalue weighted by Gasteiger charge is -2.21. The first-order valence-electron chi connectivity index (χ1n) is 5.25. The minimum atomic E-state index is 0.218. The van der Waals surface area contributed by atoms with Crippen LogP contribution in [0.2, 0.25) is 0 Å². The van der Waals surface area contributed by atoms with Gasteiger partial charge in [-0.15, -0.1) is 11.3 Å². The molecule has 78 valence electrons. The van der Waals surface area contributed by atoms with E-state index in [-0.39, 0.29) is 5.41 Å². The number of hydrogen-bond donors (Lipinski definition) is 1. The van der Waals surface area contributed by atoms with Gasteiger partial charge in [-0.1, -0.05) is 13.8 Å². The summed E-state index contributed by atoms with van der Waals surface area (Å²) >= 11 is 1.79. The molecule has 0 radical (unpaired) electrons. The minimum absolute atomic E-state index is 0.218. The zero-order valence-electron chi connectivity index (χ0n) is 8.92. The number of hydrogen-bond acceptors (Lipinski definition) is 3. The van der Waals surface area contributed by atoms with Gasteiger partial charge in [0.25, 0.3) is 0 Å². The molecule has 2 rings (SSSR count). The smallest absolute Gasteiger partial charge is 0.0797 e. The van der Waals surface area contributed by atoms with Gasteiger partial charge in [0.05, 0.1) is 11.2 Å². The van der Waals surface area contributed by atoms with Crippen LogP contribution in [0, 0.1) is 5.41 Å². The first-order chi connectivity index (χ1) is 6.62. The van der Waals surface area contributed by atoms with Crippen molar-refractivity contribution >= 4 is 11.3 Å². The molecule has 0 spiro atoms. The lowest BCUT2D eigenvalue weighted by Crippen LogP contribution is -2.25. The molecule has 1 heterocycles. The maximum atomic E-state index is 5.75. The van der Waals surface area contributed by atoms with Crippen LogP contribution in [-0.4, -0.2) is 11.5 Å². The highest BCUT2D eigenvalue weighted by Crippen LogP contribution is 2.43. The maximum absolute atomic E-state index is 5.75. The Morgan fingerprint density at radius 2 is 2.29 bits per heavy atom. The summed E-state index contributed by atoms with van der Waals surface area (Å²) in [6, 6.07) is 0. The summed E-state index contributed by atoms with van der Waals surface area (Å²) in [4.78, 5) is 5.94. The molecule has 0 bridgehead atoms. The fourth-order valence-electron chi connectivity index (χ4n) is 1.61. The molecular weight excluding hydrogens is 192 g/mol. The van der Waals surface area contributed by atoms with E-state index in [2.05, 4.69) is 18.8 Å². The molecule has 3 heteroatoms. The van der Waals surface area contributed by atoms with Crippen molar-refractivity contribution in [1.82, 2.24) is 4.98 Å². The summed E-state index contributed by atoms with van der Waals surface area (Å²) in [6.07, 6.45) is 3.75. The normalized spacial score (nSPS) is 17.4. The van der Waals surface area contributed by atoms with Crippen LogP contribution in [0.5, 0.6) is 0 Å². The van der Waals surface area contributed by atoms with Crippen molar-refractivity contribution in [2.45, 2.75) is 39.0 Å². The van der Waals surface area contributed by atoms with E-state index in [0.717, 1.165) is 18.9 Å². The molecule has 14 heavy (non-hydrogen) atoms. The van der Waals surface area contributed by atoms with Crippen molar-refractivity contribution in [3.05, 3.63) is 16.1 Å². The average molecular weight is 210 g/mol. The molecular formula is C11H18N2S. The Balaban J connectivity index is 2.11. The SMILES string of the molecule is CC(C)(CN)Cc1scnc1C1CC1. The van der Waals surface area contributed by atoms with Gasteiger partial charge in [0, 0.05) is 10.8 Å². The van der Waals surface area contributed by atoms with Crippen LogP contribution in [0.25, 0.3) is 0 Å². The molecule has 1 aliphatic carbocycles. The van der Waals surface area contributed by atoms with E-state index in [0.29, 0.717) is 0 Å². The third kappa shape index (κ3) is 2.15. The molecule has 2 nitrogen and oxygen atoms in total. The molecule has 0 saturated heterocycles. The molecule has 1 fully saturated rings. The van der Waals surface area contributed by atoms with Crippen LogP contribution < -0.4 is 5.73 Å². The van der Waals surface area contributed by atoms with Crippen LogP contribution in [0.3, 0.4) is 0 Å². The van der Waals surface area contributed by atoms with E-state index in [9.17, 15) is 0 Å². The number of aromatic nitrogens is 1. The summed E-state index contributed by atoms with van der Waals surface area (Å²) in [6.45, 7) is 5.20. The standard InChI is InChI=1S/C11H18N2S/c1-11(2,6-12)5-9-10(8-3-4-8)13-7-14-9/h7-8H,3-6,12H2,1-2H3. The quantitative estimate of drug-likeness (QED) is 0.829. The second-order valence-electron chi connectivity index (χ2n) is 4.98. The highest BCUT2D eigenvalue weighted by atomic mass is 32.1. The first-order valence-corrected chi connectivity index (χ1v) is 6.13. The Morgan fingerprint density at radius 3 is 2.86 bits per heavy atom. The second kappa shape index (κ2) is 3.63. The van der Waals surface area contributed by atoms with Crippen LogP contribution in [0.1, 0.15) is 43.2 Å². The van der Waals surface area contributed by atoms with Crippen molar-refractivity contribution < 1.29 is 0 Å². The molecule has 0 amide bonds. The molecule has 1 aromatic heterocycles. The summed E-state index contributed by atoms with van der Waals surface area (Å²) in [5.41, 5.74) is 9.31. The van der Waals surface area contributed by atoms with E-state index in [1.54, 1.807) is 11.3 Å². The van der Waals surface area contributed by atoms with Gasteiger partial charge >= 0.3 is 0 Å². The third-order valence-corrected chi connectivity index (χ3v) is 3.68. The molecule has 0 aliphatic heterocycles. The lowest BCUT2D eigenvalue weighted by atomic mass is 9.88. The van der Waals surface area contributed by atoms with Crippen LogP contribution >= 0.6 is 11.3 Å². The summed E-state index contributed by atoms with van der Waals surface area (Å²) in [5.74, 6) is 0.768. The van der Waals surface area contributed by atoms with E-state index >= 15 is 0 Å². The van der Waals surface area contributed by atoms with Crippen molar-refractivity contribution in [1.29, 1.82) is 0 Å². The molecule has 1 aliphatic rings. The topological polar surface area (TPSA) is 38.9 Å². The van der Waals surface area contributed by atoms with E-state index in [1.165, 1.54) is 23.4 Å². The number of nitrogens with zero attached hydrogens (tertiary/aromatic N) is 1. The third-order valence-electron chi connectivity index (χ3n) is 2.83. The van der Waals surface area contributed by atoms with Gasteiger partial charge in [-0.2, -0.15) is 0 Å². The van der Waals surface area contributed by atoms with Crippen molar-refractivity contribution in [3.8, 4) is 0 Å². The van der Waals surface area contributed by atoms with Gasteiger partial charge in [-0.25, -0.2) is 4.98 Å². The van der Waals surface area contributed by atoms with Gasteiger partial charge in [-0.3, -0.25) is 0 Å². The van der Waals surface area contributed by atoms with E-state index < -0.39 is 0 Å². The molecule has 0 unspecified atom stereocenters. The van der Waals surface area contributed by atoms with Crippen molar-refractivity contribution in [2.24, 2.45) is 11.1 Å². The highest BCUT2D eigenvalue weighted by molar-refractivity contribution is 7.09. The van der Waals surface area contributed by atoms with Gasteiger partial charge < -0.3 is 5.73 Å². The van der Waals surface area contributed by atoms with Crippen LogP contribution in [0.15, 0.2) is 5.51 Å². The van der Waals surface area contributed by atoms with Crippen LogP contribution in [0.4, 0.5) is 0 Å². The molecule has 1 aromatic rings. The predicted molar refractivity (Wildman–Crippen MR) is 60.6 cm³/mol. The second-order valence-corrected chi connectivity index (χ2v) is 5.92. The fraction of sp³-hybridized carbons (Fsp3) is 0.727. The molecule has 0 aromatic carbocycles. The summed E-state index contributed by atoms with van der Waals surface area (Å²) in [5, 5.41) is 0. The largest absolute Gasteiger partial charge is 0.330 e. The molecule has 2 N–H and O–H groups in total. The number of rotatable bonds is 4. The van der Waals surface area contributed by atoms with Crippen LogP contribution in [-0.2, 0) is 6.42 Å². The average Bonchev–Trinajstić information content (AvgIpc) is 2.88. The number of nitrogens with two attached hydrogens (primary N) is 1. The molecule has 0 atom stereocenters. The maximum Gasteiger partial charge on any atom is 0.0797 e. The van der Waals surface area contributed by atoms with Gasteiger partial charge in [0.2, 0.25) is 0 Å². The van der Waals surface area contributed by atoms with E-state index in [4.69, 9.17) is 5.73 Å². The Labute approximate surface area is 89.5 Å². The van der Waals surface area contributed by atoms with Gasteiger partial charge in [0.1, 0.15) is 0 Å². The number of thiazole rings is 1. The van der Waals surface area contributed by atoms with E-state index in [1.807, 2.05) is 5.51 Å². The minimum Gasteiger partial charge on any atom is -0.330 e. The summed E-state index contributed by atoms with van der Waals surface area (Å²) < 4.78 is 0. The van der Waals surface area contributed by atoms with Gasteiger partial charge in [0.15, 0.2) is 0 Å². The van der Waals surface area contributed by atoms with Crippen molar-refractivity contribution in [2.75, 3.05) is 6.54 Å². The fourth-order valence-corrected chi connectivity index (χ4v) is 2.72. The zero-order valence-corrected chi connectivity index (χ0v) is 9.73. The van der Waals surface area contributed by atoms with Gasteiger partial charge in [-0.05, 0) is 31.2 Å². The molecule has 1 saturated carbocycles. The lowest BCUT2D eigenvalue weighted by molar-refractivity contribution is 0.378. The summed E-state index contributed by atoms with van der Waals surface area (Å²) in [7, 11) is 0. The Bertz CT molecular complexity index is 313. The first kappa shape index (κ1) is 10.1. The highest BCUT2D eigenvalue weighted by Gasteiger charge is 2.30.